The van der Waals surface area contributed by atoms with Gasteiger partial charge in [-0.2, -0.15) is 4.31 Å². The number of pyridine rings is 1. The van der Waals surface area contributed by atoms with Crippen molar-refractivity contribution < 1.29 is 8.42 Å². The Bertz CT molecular complexity index is 681. The van der Waals surface area contributed by atoms with Gasteiger partial charge in [-0.05, 0) is 31.2 Å². The topological polar surface area (TPSA) is 50.3 Å². The number of hydrogen-bond acceptors (Lipinski definition) is 3. The monoisotopic (exact) mass is 298 g/mol. The normalized spacial score (nSPS) is 13.9. The number of sulfonamides is 1. The summed E-state index contributed by atoms with van der Waals surface area (Å²) in [7, 11) is -2.02. The molecule has 2 rings (SSSR count). The van der Waals surface area contributed by atoms with Gasteiger partial charge in [0.2, 0.25) is 10.0 Å². The third-order valence-electron chi connectivity index (χ3n) is 2.80. The van der Waals surface area contributed by atoms with Crippen LogP contribution in [0.15, 0.2) is 41.4 Å². The van der Waals surface area contributed by atoms with Crippen LogP contribution in [0.5, 0.6) is 0 Å². The number of benzene rings is 1. The lowest BCUT2D eigenvalue weighted by Crippen LogP contribution is -2.31. The van der Waals surface area contributed by atoms with Crippen LogP contribution in [0.4, 0.5) is 0 Å². The smallest absolute Gasteiger partial charge is 0.243 e. The summed E-state index contributed by atoms with van der Waals surface area (Å²) in [5.74, 6) is 0. The number of alkyl halides is 1. The van der Waals surface area contributed by atoms with Gasteiger partial charge in [-0.3, -0.25) is 4.98 Å². The van der Waals surface area contributed by atoms with Crippen LogP contribution in [0.1, 0.15) is 6.92 Å². The maximum absolute atomic E-state index is 12.5. The van der Waals surface area contributed by atoms with Crippen molar-refractivity contribution in [2.45, 2.75) is 17.2 Å². The highest BCUT2D eigenvalue weighted by atomic mass is 35.5. The van der Waals surface area contributed by atoms with E-state index in [1.807, 2.05) is 0 Å². The average Bonchev–Trinajstić information content (AvgIpc) is 2.37. The van der Waals surface area contributed by atoms with E-state index in [0.29, 0.717) is 10.9 Å². The van der Waals surface area contributed by atoms with Crippen molar-refractivity contribution in [2.24, 2.45) is 0 Å². The van der Waals surface area contributed by atoms with Gasteiger partial charge in [0.25, 0.3) is 0 Å². The van der Waals surface area contributed by atoms with E-state index < -0.39 is 10.0 Å². The highest BCUT2D eigenvalue weighted by molar-refractivity contribution is 7.89. The molecule has 1 unspecified atom stereocenters. The van der Waals surface area contributed by atoms with E-state index in [1.165, 1.54) is 11.4 Å². The van der Waals surface area contributed by atoms with Crippen LogP contribution in [-0.4, -0.2) is 36.7 Å². The van der Waals surface area contributed by atoms with Crippen molar-refractivity contribution >= 4 is 32.5 Å². The largest absolute Gasteiger partial charge is 0.256 e. The molecule has 19 heavy (non-hydrogen) atoms. The van der Waals surface area contributed by atoms with Gasteiger partial charge >= 0.3 is 0 Å². The number of halogens is 1. The number of fused-ring (bicyclic) bond motifs is 1. The zero-order valence-electron chi connectivity index (χ0n) is 10.7. The van der Waals surface area contributed by atoms with E-state index in [1.54, 1.807) is 43.5 Å². The van der Waals surface area contributed by atoms with Crippen LogP contribution in [-0.2, 0) is 10.0 Å². The molecule has 0 N–H and O–H groups in total. The summed E-state index contributed by atoms with van der Waals surface area (Å²) >= 11 is 5.87. The Hall–Kier alpha value is -1.17. The third kappa shape index (κ3) is 2.88. The van der Waals surface area contributed by atoms with Crippen molar-refractivity contribution in [3.05, 3.63) is 36.5 Å². The molecule has 2 aromatic rings. The lowest BCUT2D eigenvalue weighted by atomic mass is 10.2. The van der Waals surface area contributed by atoms with Gasteiger partial charge in [0.1, 0.15) is 0 Å². The van der Waals surface area contributed by atoms with Crippen LogP contribution in [0.25, 0.3) is 10.9 Å². The minimum atomic E-state index is -3.55. The summed E-state index contributed by atoms with van der Waals surface area (Å²) < 4.78 is 26.3. The molecule has 0 aliphatic heterocycles. The summed E-state index contributed by atoms with van der Waals surface area (Å²) in [6.07, 6.45) is 1.64. The quantitative estimate of drug-likeness (QED) is 0.815. The molecule has 1 heterocycles. The molecule has 102 valence electrons. The van der Waals surface area contributed by atoms with Crippen molar-refractivity contribution in [3.63, 3.8) is 0 Å². The fourth-order valence-electron chi connectivity index (χ4n) is 1.92. The first kappa shape index (κ1) is 14.2. The minimum Gasteiger partial charge on any atom is -0.256 e. The van der Waals surface area contributed by atoms with E-state index in [2.05, 4.69) is 4.98 Å². The van der Waals surface area contributed by atoms with E-state index in [9.17, 15) is 8.42 Å². The zero-order valence-corrected chi connectivity index (χ0v) is 12.3. The average molecular weight is 299 g/mol. The fraction of sp³-hybridized carbons (Fsp3) is 0.308. The molecule has 1 aromatic heterocycles. The third-order valence-corrected chi connectivity index (χ3v) is 4.82. The number of rotatable bonds is 4. The molecule has 0 bridgehead atoms. The maximum Gasteiger partial charge on any atom is 0.243 e. The Morgan fingerprint density at radius 2 is 2.05 bits per heavy atom. The van der Waals surface area contributed by atoms with E-state index in [0.717, 1.165) is 0 Å². The number of aromatic nitrogens is 1. The number of hydrogen-bond donors (Lipinski definition) is 0. The standard InChI is InChI=1S/C13H15ClN2O2S/c1-10(14)9-16(2)19(17,18)13-7-3-6-12-11(13)5-4-8-15-12/h3-8,10H,9H2,1-2H3. The maximum atomic E-state index is 12.5. The van der Waals surface area contributed by atoms with Crippen molar-refractivity contribution in [2.75, 3.05) is 13.6 Å². The molecule has 1 aromatic carbocycles. The molecule has 0 radical (unpaired) electrons. The van der Waals surface area contributed by atoms with Crippen LogP contribution in [0, 0.1) is 0 Å². The number of nitrogens with zero attached hydrogens (tertiary/aromatic N) is 2. The Morgan fingerprint density at radius 3 is 2.74 bits per heavy atom. The van der Waals surface area contributed by atoms with Gasteiger partial charge in [0.15, 0.2) is 0 Å². The van der Waals surface area contributed by atoms with Crippen molar-refractivity contribution in [1.29, 1.82) is 0 Å². The molecular weight excluding hydrogens is 284 g/mol. The molecule has 0 aliphatic carbocycles. The van der Waals surface area contributed by atoms with Crippen LogP contribution in [0.3, 0.4) is 0 Å². The summed E-state index contributed by atoms with van der Waals surface area (Å²) in [5, 5.41) is 0.381. The van der Waals surface area contributed by atoms with E-state index in [4.69, 9.17) is 11.6 Å². The van der Waals surface area contributed by atoms with Crippen LogP contribution >= 0.6 is 11.6 Å². The molecule has 4 nitrogen and oxygen atoms in total. The summed E-state index contributed by atoms with van der Waals surface area (Å²) in [6, 6.07) is 8.56. The SMILES string of the molecule is CC(Cl)CN(C)S(=O)(=O)c1cccc2ncccc12. The van der Waals surface area contributed by atoms with Crippen LogP contribution in [0.2, 0.25) is 0 Å². The van der Waals surface area contributed by atoms with Gasteiger partial charge in [0, 0.05) is 30.6 Å². The first-order valence-corrected chi connectivity index (χ1v) is 7.74. The molecule has 0 saturated heterocycles. The Balaban J connectivity index is 2.55. The summed E-state index contributed by atoms with van der Waals surface area (Å²) in [5.41, 5.74) is 0.663. The second kappa shape index (κ2) is 5.45. The molecule has 0 amide bonds. The zero-order chi connectivity index (χ0) is 14.0. The summed E-state index contributed by atoms with van der Waals surface area (Å²) in [6.45, 7) is 2.03. The second-order valence-electron chi connectivity index (χ2n) is 4.39. The van der Waals surface area contributed by atoms with Crippen LogP contribution < -0.4 is 0 Å². The molecule has 0 fully saturated rings. The minimum absolute atomic E-state index is 0.243. The van der Waals surface area contributed by atoms with Gasteiger partial charge in [0.05, 0.1) is 10.4 Å². The lowest BCUT2D eigenvalue weighted by molar-refractivity contribution is 0.471. The molecule has 0 saturated carbocycles. The Morgan fingerprint density at radius 1 is 1.32 bits per heavy atom. The predicted octanol–water partition coefficient (Wildman–Crippen LogP) is 2.48. The fourth-order valence-corrected chi connectivity index (χ4v) is 3.67. The molecule has 1 atom stereocenters. The molecule has 0 aliphatic rings. The highest BCUT2D eigenvalue weighted by Crippen LogP contribution is 2.24. The second-order valence-corrected chi connectivity index (χ2v) is 7.15. The Kier molecular flexibility index (Phi) is 4.08. The van der Waals surface area contributed by atoms with Crippen molar-refractivity contribution in [1.82, 2.24) is 9.29 Å². The van der Waals surface area contributed by atoms with Gasteiger partial charge in [-0.25, -0.2) is 8.42 Å². The van der Waals surface area contributed by atoms with E-state index >= 15 is 0 Å². The van der Waals surface area contributed by atoms with Gasteiger partial charge < -0.3 is 0 Å². The predicted molar refractivity (Wildman–Crippen MR) is 76.9 cm³/mol. The lowest BCUT2D eigenvalue weighted by Gasteiger charge is -2.19. The van der Waals surface area contributed by atoms with Gasteiger partial charge in [-0.15, -0.1) is 11.6 Å². The van der Waals surface area contributed by atoms with Gasteiger partial charge in [-0.1, -0.05) is 6.07 Å². The molecule has 6 heteroatoms. The highest BCUT2D eigenvalue weighted by Gasteiger charge is 2.23. The molecule has 0 spiro atoms. The summed E-state index contributed by atoms with van der Waals surface area (Å²) in [4.78, 5) is 4.43. The first-order valence-electron chi connectivity index (χ1n) is 5.87. The first-order chi connectivity index (χ1) is 8.93. The van der Waals surface area contributed by atoms with Crippen molar-refractivity contribution in [3.8, 4) is 0 Å². The Labute approximate surface area is 118 Å². The molecular formula is C13H15ClN2O2S. The van der Waals surface area contributed by atoms with E-state index in [-0.39, 0.29) is 16.8 Å².